The molecule has 6 heteroatoms. The number of nitrogens with zero attached hydrogens (tertiary/aromatic N) is 1. The normalized spacial score (nSPS) is 26.9. The summed E-state index contributed by atoms with van der Waals surface area (Å²) in [4.78, 5) is 12.7. The Morgan fingerprint density at radius 3 is 2.50 bits per heavy atom. The van der Waals surface area contributed by atoms with Crippen LogP contribution in [0.2, 0.25) is 0 Å². The van der Waals surface area contributed by atoms with Gasteiger partial charge < -0.3 is 25.6 Å². The van der Waals surface area contributed by atoms with Gasteiger partial charge in [0, 0.05) is 19.6 Å². The van der Waals surface area contributed by atoms with Gasteiger partial charge in [-0.05, 0) is 0 Å². The van der Waals surface area contributed by atoms with Crippen LogP contribution >= 0.6 is 0 Å². The van der Waals surface area contributed by atoms with Crippen LogP contribution in [0.15, 0.2) is 0 Å². The molecule has 0 saturated carbocycles. The molecule has 1 saturated heterocycles. The largest absolute Gasteiger partial charge is 0.388 e. The van der Waals surface area contributed by atoms with E-state index in [0.717, 1.165) is 0 Å². The Morgan fingerprint density at radius 2 is 2.00 bits per heavy atom. The highest BCUT2D eigenvalue weighted by atomic mass is 16.5. The van der Waals surface area contributed by atoms with Gasteiger partial charge in [0.15, 0.2) is 0 Å². The van der Waals surface area contributed by atoms with Crippen LogP contribution in [-0.2, 0) is 9.53 Å². The molecule has 14 heavy (non-hydrogen) atoms. The molecule has 1 rings (SSSR count). The first-order valence-electron chi connectivity index (χ1n) is 4.57. The van der Waals surface area contributed by atoms with Gasteiger partial charge in [-0.15, -0.1) is 0 Å². The highest BCUT2D eigenvalue weighted by Gasteiger charge is 2.32. The molecule has 6 nitrogen and oxygen atoms in total. The average molecular weight is 204 g/mol. The molecular weight excluding hydrogens is 188 g/mol. The molecule has 0 unspecified atom stereocenters. The number of ether oxygens (including phenoxy) is 1. The van der Waals surface area contributed by atoms with Gasteiger partial charge in [-0.3, -0.25) is 4.79 Å². The molecule has 1 aliphatic rings. The second-order valence-electron chi connectivity index (χ2n) is 3.27. The van der Waals surface area contributed by atoms with Crippen molar-refractivity contribution in [2.75, 3.05) is 32.8 Å². The number of carbonyl (C=O) groups excluding carboxylic acids is 1. The molecule has 0 aromatic heterocycles. The van der Waals surface area contributed by atoms with Crippen LogP contribution in [0.1, 0.15) is 0 Å². The molecule has 0 radical (unpaired) electrons. The molecule has 1 aliphatic heterocycles. The zero-order valence-corrected chi connectivity index (χ0v) is 7.93. The molecule has 1 fully saturated rings. The summed E-state index contributed by atoms with van der Waals surface area (Å²) in [5.74, 6) is -0.228. The van der Waals surface area contributed by atoms with Gasteiger partial charge in [0.25, 0.3) is 0 Å². The minimum absolute atomic E-state index is 0.0450. The van der Waals surface area contributed by atoms with Gasteiger partial charge >= 0.3 is 0 Å². The van der Waals surface area contributed by atoms with E-state index >= 15 is 0 Å². The Kier molecular flexibility index (Phi) is 4.27. The SMILES string of the molecule is NCCOCC(=O)N1C[C@@H](O)[C@@H](O)C1. The van der Waals surface area contributed by atoms with Crippen LogP contribution in [0.25, 0.3) is 0 Å². The van der Waals surface area contributed by atoms with E-state index in [1.54, 1.807) is 0 Å². The fourth-order valence-electron chi connectivity index (χ4n) is 1.31. The summed E-state index contributed by atoms with van der Waals surface area (Å²) < 4.78 is 4.95. The summed E-state index contributed by atoms with van der Waals surface area (Å²) in [6.07, 6.45) is -1.68. The molecular formula is C8H16N2O4. The van der Waals surface area contributed by atoms with Crippen LogP contribution in [0.4, 0.5) is 0 Å². The molecule has 1 heterocycles. The number of likely N-dealkylation sites (tertiary alicyclic amines) is 1. The van der Waals surface area contributed by atoms with Crippen molar-refractivity contribution >= 4 is 5.91 Å². The van der Waals surface area contributed by atoms with E-state index in [4.69, 9.17) is 10.5 Å². The summed E-state index contributed by atoms with van der Waals surface area (Å²) in [7, 11) is 0. The van der Waals surface area contributed by atoms with Gasteiger partial charge in [-0.2, -0.15) is 0 Å². The van der Waals surface area contributed by atoms with E-state index in [2.05, 4.69) is 0 Å². The Hall–Kier alpha value is -0.690. The van der Waals surface area contributed by atoms with E-state index in [1.807, 2.05) is 0 Å². The molecule has 4 N–H and O–H groups in total. The number of carbonyl (C=O) groups is 1. The molecule has 0 aliphatic carbocycles. The van der Waals surface area contributed by atoms with Gasteiger partial charge in [-0.25, -0.2) is 0 Å². The lowest BCUT2D eigenvalue weighted by Gasteiger charge is -2.14. The topological polar surface area (TPSA) is 96.0 Å². The smallest absolute Gasteiger partial charge is 0.248 e. The minimum Gasteiger partial charge on any atom is -0.388 e. The second-order valence-corrected chi connectivity index (χ2v) is 3.27. The maximum absolute atomic E-state index is 11.3. The van der Waals surface area contributed by atoms with Gasteiger partial charge in [0.05, 0.1) is 18.8 Å². The Labute approximate surface area is 82.3 Å². The van der Waals surface area contributed by atoms with Crippen LogP contribution in [0.3, 0.4) is 0 Å². The van der Waals surface area contributed by atoms with Crippen LogP contribution in [0, 0.1) is 0 Å². The lowest BCUT2D eigenvalue weighted by molar-refractivity contribution is -0.135. The van der Waals surface area contributed by atoms with E-state index in [0.29, 0.717) is 13.2 Å². The summed E-state index contributed by atoms with van der Waals surface area (Å²) in [5, 5.41) is 18.4. The van der Waals surface area contributed by atoms with Gasteiger partial charge in [0.1, 0.15) is 6.61 Å². The van der Waals surface area contributed by atoms with E-state index in [9.17, 15) is 15.0 Å². The lowest BCUT2D eigenvalue weighted by atomic mass is 10.3. The third-order valence-corrected chi connectivity index (χ3v) is 2.10. The number of aliphatic hydroxyl groups excluding tert-OH is 2. The fraction of sp³-hybridized carbons (Fsp3) is 0.875. The van der Waals surface area contributed by atoms with Crippen LogP contribution in [0.5, 0.6) is 0 Å². The van der Waals surface area contributed by atoms with Crippen molar-refractivity contribution in [3.63, 3.8) is 0 Å². The number of hydrogen-bond acceptors (Lipinski definition) is 5. The summed E-state index contributed by atoms with van der Waals surface area (Å²) in [6.45, 7) is 1.01. The molecule has 0 spiro atoms. The zero-order chi connectivity index (χ0) is 10.6. The number of nitrogens with two attached hydrogens (primary N) is 1. The van der Waals surface area contributed by atoms with Gasteiger partial charge in [0.2, 0.25) is 5.91 Å². The second kappa shape index (κ2) is 5.26. The first kappa shape index (κ1) is 11.4. The Balaban J connectivity index is 2.25. The maximum atomic E-state index is 11.3. The molecule has 0 aromatic rings. The molecule has 0 aromatic carbocycles. The maximum Gasteiger partial charge on any atom is 0.248 e. The van der Waals surface area contributed by atoms with Gasteiger partial charge in [-0.1, -0.05) is 0 Å². The van der Waals surface area contributed by atoms with E-state index < -0.39 is 12.2 Å². The third-order valence-electron chi connectivity index (χ3n) is 2.10. The molecule has 1 amide bonds. The highest BCUT2D eigenvalue weighted by Crippen LogP contribution is 2.09. The standard InChI is InChI=1S/C8H16N2O4/c9-1-2-14-5-8(13)10-3-6(11)7(12)4-10/h6-7,11-12H,1-5,9H2/t6-,7+. The number of amides is 1. The van der Waals surface area contributed by atoms with Crippen molar-refractivity contribution in [2.45, 2.75) is 12.2 Å². The van der Waals surface area contributed by atoms with Crippen molar-refractivity contribution in [3.8, 4) is 0 Å². The summed E-state index contributed by atoms with van der Waals surface area (Å²) in [6, 6.07) is 0. The molecule has 0 bridgehead atoms. The van der Waals surface area contributed by atoms with Crippen LogP contribution < -0.4 is 5.73 Å². The number of hydrogen-bond donors (Lipinski definition) is 3. The van der Waals surface area contributed by atoms with Crippen molar-refractivity contribution in [1.29, 1.82) is 0 Å². The highest BCUT2D eigenvalue weighted by molar-refractivity contribution is 5.77. The third kappa shape index (κ3) is 2.91. The molecule has 2 atom stereocenters. The lowest BCUT2D eigenvalue weighted by Crippen LogP contribution is -2.33. The van der Waals surface area contributed by atoms with Crippen molar-refractivity contribution in [1.82, 2.24) is 4.90 Å². The predicted molar refractivity (Wildman–Crippen MR) is 48.5 cm³/mol. The average Bonchev–Trinajstić information content (AvgIpc) is 2.47. The number of rotatable bonds is 4. The first-order valence-corrected chi connectivity index (χ1v) is 4.57. The quantitative estimate of drug-likeness (QED) is 0.441. The Morgan fingerprint density at radius 1 is 1.43 bits per heavy atom. The van der Waals surface area contributed by atoms with E-state index in [1.165, 1.54) is 4.90 Å². The molecule has 82 valence electrons. The van der Waals surface area contributed by atoms with Crippen LogP contribution in [-0.4, -0.2) is 66.1 Å². The fourth-order valence-corrected chi connectivity index (χ4v) is 1.31. The van der Waals surface area contributed by atoms with Crippen molar-refractivity contribution < 1.29 is 19.7 Å². The number of aliphatic hydroxyl groups is 2. The van der Waals surface area contributed by atoms with Crippen molar-refractivity contribution in [2.24, 2.45) is 5.73 Å². The van der Waals surface area contributed by atoms with E-state index in [-0.39, 0.29) is 25.6 Å². The van der Waals surface area contributed by atoms with Crippen molar-refractivity contribution in [3.05, 3.63) is 0 Å². The summed E-state index contributed by atoms with van der Waals surface area (Å²) >= 11 is 0. The first-order chi connectivity index (χ1) is 6.65. The zero-order valence-electron chi connectivity index (χ0n) is 7.93. The Bertz CT molecular complexity index is 190. The summed E-state index contributed by atoms with van der Waals surface area (Å²) in [5.41, 5.74) is 5.18. The minimum atomic E-state index is -0.839. The monoisotopic (exact) mass is 204 g/mol. The number of β-amino-alcohol motifs (C(OH)–C–C–N with tert-alkyl or cyclic N) is 2. The predicted octanol–water partition coefficient (Wildman–Crippen LogP) is -2.47.